The van der Waals surface area contributed by atoms with Crippen molar-refractivity contribution in [1.29, 1.82) is 0 Å². The molecule has 1 atom stereocenters. The van der Waals surface area contributed by atoms with Gasteiger partial charge >= 0.3 is 5.97 Å². The normalized spacial score (nSPS) is 18.4. The van der Waals surface area contributed by atoms with Gasteiger partial charge in [-0.05, 0) is 50.4 Å². The van der Waals surface area contributed by atoms with E-state index in [4.69, 9.17) is 4.74 Å². The molecule has 1 fully saturated rings. The first-order valence-corrected chi connectivity index (χ1v) is 8.40. The summed E-state index contributed by atoms with van der Waals surface area (Å²) in [5, 5.41) is 2.94. The summed E-state index contributed by atoms with van der Waals surface area (Å²) in [6, 6.07) is 7.89. The molecule has 1 aromatic carbocycles. The van der Waals surface area contributed by atoms with Gasteiger partial charge in [0.25, 0.3) is 0 Å². The van der Waals surface area contributed by atoms with Gasteiger partial charge in [0.05, 0.1) is 19.1 Å². The van der Waals surface area contributed by atoms with Crippen LogP contribution in [0.15, 0.2) is 24.3 Å². The Hall–Kier alpha value is -1.88. The molecular weight excluding hydrogens is 292 g/mol. The van der Waals surface area contributed by atoms with Gasteiger partial charge in [0, 0.05) is 12.2 Å². The van der Waals surface area contributed by atoms with Gasteiger partial charge in [-0.15, -0.1) is 0 Å². The molecule has 1 N–H and O–H groups in total. The number of hydrogen-bond acceptors (Lipinski definition) is 4. The summed E-state index contributed by atoms with van der Waals surface area (Å²) in [4.78, 5) is 26.1. The number of amides is 1. The van der Waals surface area contributed by atoms with Crippen LogP contribution >= 0.6 is 0 Å². The lowest BCUT2D eigenvalue weighted by molar-refractivity contribution is -0.150. The first kappa shape index (κ1) is 17.5. The number of carbonyl (C=O) groups is 2. The molecule has 126 valence electrons. The number of piperidine rings is 1. The Kier molecular flexibility index (Phi) is 6.59. The van der Waals surface area contributed by atoms with Gasteiger partial charge in [-0.25, -0.2) is 0 Å². The fourth-order valence-electron chi connectivity index (χ4n) is 2.92. The third-order valence-corrected chi connectivity index (χ3v) is 4.11. The Morgan fingerprint density at radius 2 is 2.17 bits per heavy atom. The zero-order chi connectivity index (χ0) is 16.7. The van der Waals surface area contributed by atoms with E-state index < -0.39 is 0 Å². The highest BCUT2D eigenvalue weighted by Gasteiger charge is 2.27. The Morgan fingerprint density at radius 3 is 2.91 bits per heavy atom. The molecule has 0 aliphatic carbocycles. The van der Waals surface area contributed by atoms with Crippen molar-refractivity contribution in [2.24, 2.45) is 5.92 Å². The van der Waals surface area contributed by atoms with E-state index in [1.54, 1.807) is 0 Å². The van der Waals surface area contributed by atoms with Crippen LogP contribution in [0.1, 0.15) is 32.3 Å². The van der Waals surface area contributed by atoms with Crippen molar-refractivity contribution in [2.45, 2.75) is 33.1 Å². The third kappa shape index (κ3) is 5.36. The highest BCUT2D eigenvalue weighted by molar-refractivity contribution is 5.92. The third-order valence-electron chi connectivity index (χ3n) is 4.11. The first-order valence-electron chi connectivity index (χ1n) is 8.40. The van der Waals surface area contributed by atoms with Crippen LogP contribution in [-0.4, -0.2) is 43.0 Å². The van der Waals surface area contributed by atoms with Gasteiger partial charge in [-0.2, -0.15) is 0 Å². The predicted octanol–water partition coefficient (Wildman–Crippen LogP) is 2.46. The quantitative estimate of drug-likeness (QED) is 0.819. The Balaban J connectivity index is 1.85. The standard InChI is InChI=1S/C18H26N2O3/c1-3-14-7-5-9-16(11-14)19-17(21)13-20-10-6-8-15(12-20)18(22)23-4-2/h5,7,9,11,15H,3-4,6,8,10,12-13H2,1-2H3,(H,19,21)/t15-/m1/s1. The molecule has 0 radical (unpaired) electrons. The predicted molar refractivity (Wildman–Crippen MR) is 90.2 cm³/mol. The minimum Gasteiger partial charge on any atom is -0.466 e. The second kappa shape index (κ2) is 8.67. The summed E-state index contributed by atoms with van der Waals surface area (Å²) in [6.07, 6.45) is 2.70. The van der Waals surface area contributed by atoms with Gasteiger partial charge in [-0.1, -0.05) is 19.1 Å². The molecule has 0 unspecified atom stereocenters. The number of carbonyl (C=O) groups excluding carboxylic acids is 2. The lowest BCUT2D eigenvalue weighted by Gasteiger charge is -2.30. The highest BCUT2D eigenvalue weighted by atomic mass is 16.5. The van der Waals surface area contributed by atoms with Crippen LogP contribution in [0.2, 0.25) is 0 Å². The second-order valence-corrected chi connectivity index (χ2v) is 5.93. The molecule has 5 heteroatoms. The van der Waals surface area contributed by atoms with E-state index in [-0.39, 0.29) is 17.8 Å². The van der Waals surface area contributed by atoms with Gasteiger partial charge in [-0.3, -0.25) is 14.5 Å². The lowest BCUT2D eigenvalue weighted by atomic mass is 9.98. The summed E-state index contributed by atoms with van der Waals surface area (Å²) in [5.41, 5.74) is 2.02. The van der Waals surface area contributed by atoms with E-state index >= 15 is 0 Å². The van der Waals surface area contributed by atoms with Crippen molar-refractivity contribution in [3.8, 4) is 0 Å². The molecule has 1 aromatic rings. The molecule has 2 rings (SSSR count). The van der Waals surface area contributed by atoms with Gasteiger partial charge < -0.3 is 10.1 Å². The molecule has 0 saturated carbocycles. The molecule has 1 aliphatic heterocycles. The zero-order valence-corrected chi connectivity index (χ0v) is 14.0. The van der Waals surface area contributed by atoms with Crippen LogP contribution in [0, 0.1) is 5.92 Å². The van der Waals surface area contributed by atoms with E-state index in [2.05, 4.69) is 12.2 Å². The van der Waals surface area contributed by atoms with Gasteiger partial charge in [0.15, 0.2) is 0 Å². The van der Waals surface area contributed by atoms with E-state index in [1.165, 1.54) is 5.56 Å². The maximum absolute atomic E-state index is 12.2. The van der Waals surface area contributed by atoms with Crippen molar-refractivity contribution in [2.75, 3.05) is 31.6 Å². The zero-order valence-electron chi connectivity index (χ0n) is 14.0. The monoisotopic (exact) mass is 318 g/mol. The number of ether oxygens (including phenoxy) is 1. The van der Waals surface area contributed by atoms with Crippen molar-refractivity contribution < 1.29 is 14.3 Å². The molecule has 1 amide bonds. The number of hydrogen-bond donors (Lipinski definition) is 1. The number of nitrogens with one attached hydrogen (secondary N) is 1. The molecule has 5 nitrogen and oxygen atoms in total. The molecule has 1 saturated heterocycles. The van der Waals surface area contributed by atoms with Crippen LogP contribution in [-0.2, 0) is 20.7 Å². The fourth-order valence-corrected chi connectivity index (χ4v) is 2.92. The number of nitrogens with zero attached hydrogens (tertiary/aromatic N) is 1. The van der Waals surface area contributed by atoms with Crippen molar-refractivity contribution >= 4 is 17.6 Å². The van der Waals surface area contributed by atoms with Crippen molar-refractivity contribution in [3.05, 3.63) is 29.8 Å². The van der Waals surface area contributed by atoms with Crippen molar-refractivity contribution in [3.63, 3.8) is 0 Å². The number of rotatable bonds is 6. The highest BCUT2D eigenvalue weighted by Crippen LogP contribution is 2.18. The number of anilines is 1. The average Bonchev–Trinajstić information content (AvgIpc) is 2.55. The van der Waals surface area contributed by atoms with E-state index in [9.17, 15) is 9.59 Å². The Bertz CT molecular complexity index is 545. The first-order chi connectivity index (χ1) is 11.1. The average molecular weight is 318 g/mol. The smallest absolute Gasteiger partial charge is 0.310 e. The topological polar surface area (TPSA) is 58.6 Å². The second-order valence-electron chi connectivity index (χ2n) is 5.93. The molecule has 1 aliphatic rings. The fraction of sp³-hybridized carbons (Fsp3) is 0.556. The lowest BCUT2D eigenvalue weighted by Crippen LogP contribution is -2.43. The summed E-state index contributed by atoms with van der Waals surface area (Å²) in [7, 11) is 0. The summed E-state index contributed by atoms with van der Waals surface area (Å²) in [6.45, 7) is 6.07. The van der Waals surface area contributed by atoms with Crippen LogP contribution < -0.4 is 5.32 Å². The summed E-state index contributed by atoms with van der Waals surface area (Å²) in [5.74, 6) is -0.295. The van der Waals surface area contributed by atoms with Crippen LogP contribution in [0.4, 0.5) is 5.69 Å². The molecule has 0 spiro atoms. The maximum atomic E-state index is 12.2. The molecular formula is C18H26N2O3. The molecule has 23 heavy (non-hydrogen) atoms. The summed E-state index contributed by atoms with van der Waals surface area (Å²) >= 11 is 0. The van der Waals surface area contributed by atoms with E-state index in [0.717, 1.165) is 31.5 Å². The largest absolute Gasteiger partial charge is 0.466 e. The van der Waals surface area contributed by atoms with Crippen LogP contribution in [0.5, 0.6) is 0 Å². The van der Waals surface area contributed by atoms with Crippen molar-refractivity contribution in [1.82, 2.24) is 4.90 Å². The number of esters is 1. The molecule has 0 bridgehead atoms. The van der Waals surface area contributed by atoms with Crippen LogP contribution in [0.25, 0.3) is 0 Å². The van der Waals surface area contributed by atoms with Gasteiger partial charge in [0.2, 0.25) is 5.91 Å². The Morgan fingerprint density at radius 1 is 1.35 bits per heavy atom. The number of aryl methyl sites for hydroxylation is 1. The molecule has 0 aromatic heterocycles. The van der Waals surface area contributed by atoms with E-state index in [1.807, 2.05) is 36.1 Å². The SMILES string of the molecule is CCOC(=O)[C@@H]1CCCN(CC(=O)Nc2cccc(CC)c2)C1. The summed E-state index contributed by atoms with van der Waals surface area (Å²) < 4.78 is 5.09. The van der Waals surface area contributed by atoms with Crippen LogP contribution in [0.3, 0.4) is 0 Å². The molecule has 1 heterocycles. The van der Waals surface area contributed by atoms with E-state index in [0.29, 0.717) is 19.7 Å². The number of likely N-dealkylation sites (tertiary alicyclic amines) is 1. The minimum atomic E-state index is -0.145. The van der Waals surface area contributed by atoms with Gasteiger partial charge in [0.1, 0.15) is 0 Å². The maximum Gasteiger partial charge on any atom is 0.310 e. The Labute approximate surface area is 138 Å². The number of benzene rings is 1. The minimum absolute atomic E-state index is 0.0391.